The Morgan fingerprint density at radius 2 is 1.32 bits per heavy atom. The number of esters is 2. The molecule has 244 valence electrons. The fraction of sp³-hybridized carbons (Fsp3) is 0.722. The van der Waals surface area contributed by atoms with Crippen molar-refractivity contribution < 1.29 is 19.1 Å². The summed E-state index contributed by atoms with van der Waals surface area (Å²) >= 11 is 0. The van der Waals surface area contributed by atoms with Crippen LogP contribution in [0.5, 0.6) is 0 Å². The van der Waals surface area contributed by atoms with Crippen molar-refractivity contribution in [2.45, 2.75) is 127 Å². The van der Waals surface area contributed by atoms with Gasteiger partial charge in [0.2, 0.25) is 0 Å². The van der Waals surface area contributed by atoms with Crippen LogP contribution in [0.15, 0.2) is 47.6 Å². The zero-order valence-electron chi connectivity index (χ0n) is 27.8. The van der Waals surface area contributed by atoms with Crippen LogP contribution in [-0.2, 0) is 19.1 Å². The van der Waals surface area contributed by atoms with E-state index >= 15 is 0 Å². The Balaban J connectivity index is 1.49. The summed E-state index contributed by atoms with van der Waals surface area (Å²) in [6.45, 7) is 17.8. The second kappa shape index (κ2) is 14.0. The Labute approximate surface area is 264 Å². The first-order valence-corrected chi connectivity index (χ1v) is 16.9. The van der Waals surface area contributed by atoms with Gasteiger partial charge in [-0.05, 0) is 81.6 Å². The summed E-state index contributed by atoms with van der Waals surface area (Å²) in [5.41, 5.74) is 5.48. The van der Waals surface area contributed by atoms with E-state index in [-0.39, 0.29) is 42.1 Å². The first-order valence-electron chi connectivity index (χ1n) is 16.9. The van der Waals surface area contributed by atoms with Crippen LogP contribution in [0.3, 0.4) is 0 Å². The maximum Gasteiger partial charge on any atom is 0.305 e. The molecule has 0 spiro atoms. The molecule has 8 heteroatoms. The molecule has 12 atom stereocenters. The predicted octanol–water partition coefficient (Wildman–Crippen LogP) is 4.34. The van der Waals surface area contributed by atoms with Gasteiger partial charge >= 0.3 is 11.9 Å². The van der Waals surface area contributed by atoms with Gasteiger partial charge in [-0.3, -0.25) is 9.59 Å². The van der Waals surface area contributed by atoms with Crippen molar-refractivity contribution >= 4 is 11.9 Å². The number of ether oxygens (including phenoxy) is 2. The van der Waals surface area contributed by atoms with E-state index < -0.39 is 0 Å². The highest BCUT2D eigenvalue weighted by molar-refractivity contribution is 5.69. The van der Waals surface area contributed by atoms with Crippen molar-refractivity contribution in [3.8, 4) is 0 Å². The first-order chi connectivity index (χ1) is 21.1. The average molecular weight is 609 g/mol. The van der Waals surface area contributed by atoms with Gasteiger partial charge in [0, 0.05) is 61.2 Å². The summed E-state index contributed by atoms with van der Waals surface area (Å²) in [5.74, 6) is 1.32. The summed E-state index contributed by atoms with van der Waals surface area (Å²) < 4.78 is 10.1. The number of hydrogen-bond donors (Lipinski definition) is 4. The van der Waals surface area contributed by atoms with Gasteiger partial charge in [0.05, 0.1) is 14.2 Å². The monoisotopic (exact) mass is 608 g/mol. The summed E-state index contributed by atoms with van der Waals surface area (Å²) in [6.07, 6.45) is 10.5. The molecule has 5 rings (SSSR count). The standard InChI is InChI=1S/C36H56N4O4/c1-9-23-19(3)27-15-28-21(5)25(11-13-35(41)43-7)33(39-28)18-34-26(12-14-36(42)44-8)22(6)30(40-34)17-32-24(10-2)20(4)29(38-32)16-31(23)37-27/h9-10,20-21,24-25,27-34,37-40H,1-2,11-18H2,3-8H3. The molecule has 0 amide bonds. The van der Waals surface area contributed by atoms with Crippen LogP contribution >= 0.6 is 0 Å². The number of fused-ring (bicyclic) bond motifs is 8. The Morgan fingerprint density at radius 3 is 2.00 bits per heavy atom. The van der Waals surface area contributed by atoms with E-state index in [1.54, 1.807) is 0 Å². The number of carbonyl (C=O) groups excluding carboxylic acids is 2. The molecule has 5 aliphatic rings. The van der Waals surface area contributed by atoms with Gasteiger partial charge in [-0.1, -0.05) is 49.3 Å². The van der Waals surface area contributed by atoms with Crippen molar-refractivity contribution in [1.29, 1.82) is 0 Å². The molecule has 0 aromatic rings. The number of rotatable bonds is 8. The minimum Gasteiger partial charge on any atom is -0.469 e. The molecule has 0 radical (unpaired) electrons. The molecule has 44 heavy (non-hydrogen) atoms. The predicted molar refractivity (Wildman–Crippen MR) is 175 cm³/mol. The zero-order chi connectivity index (χ0) is 31.7. The zero-order valence-corrected chi connectivity index (χ0v) is 27.8. The Morgan fingerprint density at radius 1 is 0.750 bits per heavy atom. The van der Waals surface area contributed by atoms with Crippen LogP contribution in [0.25, 0.3) is 0 Å². The molecule has 8 nitrogen and oxygen atoms in total. The lowest BCUT2D eigenvalue weighted by molar-refractivity contribution is -0.141. The van der Waals surface area contributed by atoms with Crippen molar-refractivity contribution in [1.82, 2.24) is 21.3 Å². The van der Waals surface area contributed by atoms with E-state index in [0.29, 0.717) is 61.1 Å². The van der Waals surface area contributed by atoms with Gasteiger partial charge in [0.1, 0.15) is 0 Å². The van der Waals surface area contributed by atoms with Crippen LogP contribution in [-0.4, -0.2) is 74.5 Å². The van der Waals surface area contributed by atoms with E-state index in [1.165, 1.54) is 36.5 Å². The lowest BCUT2D eigenvalue weighted by atomic mass is 9.80. The first kappa shape index (κ1) is 33.1. The highest BCUT2D eigenvalue weighted by Crippen LogP contribution is 2.42. The topological polar surface area (TPSA) is 101 Å². The van der Waals surface area contributed by atoms with Crippen LogP contribution in [0.2, 0.25) is 0 Å². The van der Waals surface area contributed by atoms with E-state index in [4.69, 9.17) is 9.47 Å². The van der Waals surface area contributed by atoms with Crippen LogP contribution in [0, 0.1) is 23.7 Å². The number of carbonyl (C=O) groups is 2. The van der Waals surface area contributed by atoms with Gasteiger partial charge < -0.3 is 30.7 Å². The fourth-order valence-corrected chi connectivity index (χ4v) is 9.48. The van der Waals surface area contributed by atoms with Crippen LogP contribution in [0.4, 0.5) is 0 Å². The molecule has 8 bridgehead atoms. The lowest BCUT2D eigenvalue weighted by Gasteiger charge is -2.28. The van der Waals surface area contributed by atoms with Gasteiger partial charge in [-0.25, -0.2) is 0 Å². The van der Waals surface area contributed by atoms with Gasteiger partial charge in [0.25, 0.3) is 0 Å². The Hall–Kier alpha value is -2.26. The molecule has 3 saturated heterocycles. The number of methoxy groups -OCH3 is 2. The molecule has 5 aliphatic heterocycles. The molecule has 0 aromatic heterocycles. The van der Waals surface area contributed by atoms with Crippen LogP contribution < -0.4 is 21.3 Å². The van der Waals surface area contributed by atoms with E-state index in [0.717, 1.165) is 32.1 Å². The molecular formula is C36H56N4O4. The van der Waals surface area contributed by atoms with Crippen LogP contribution in [0.1, 0.15) is 79.1 Å². The van der Waals surface area contributed by atoms with Crippen molar-refractivity contribution in [3.05, 3.63) is 47.6 Å². The average Bonchev–Trinajstić information content (AvgIpc) is 3.67. The smallest absolute Gasteiger partial charge is 0.305 e. The quantitative estimate of drug-likeness (QED) is 0.239. The number of hydrogen-bond acceptors (Lipinski definition) is 8. The lowest BCUT2D eigenvalue weighted by Crippen LogP contribution is -2.46. The molecule has 12 unspecified atom stereocenters. The van der Waals surface area contributed by atoms with E-state index in [1.807, 2.05) is 0 Å². The molecule has 0 aromatic carbocycles. The molecule has 3 fully saturated rings. The minimum absolute atomic E-state index is 0.144. The minimum atomic E-state index is -0.166. The SMILES string of the molecule is C=CC1=C(C)C2CC3NC(CC4NC(CC5NC(CC1N2)C(C)C5C=C)C(C)=C4CCC(=O)OC)C(CCC(=O)OC)C3C. The third-order valence-electron chi connectivity index (χ3n) is 12.2. The molecule has 0 saturated carbocycles. The van der Waals surface area contributed by atoms with Gasteiger partial charge in [-0.15, -0.1) is 6.58 Å². The normalized spacial score (nSPS) is 40.3. The van der Waals surface area contributed by atoms with Gasteiger partial charge in [-0.2, -0.15) is 0 Å². The second-order valence-electron chi connectivity index (χ2n) is 14.2. The summed E-state index contributed by atoms with van der Waals surface area (Å²) in [7, 11) is 2.94. The highest BCUT2D eigenvalue weighted by Gasteiger charge is 2.47. The van der Waals surface area contributed by atoms with Gasteiger partial charge in [0.15, 0.2) is 0 Å². The fourth-order valence-electron chi connectivity index (χ4n) is 9.48. The molecule has 4 N–H and O–H groups in total. The van der Waals surface area contributed by atoms with Crippen molar-refractivity contribution in [2.75, 3.05) is 14.2 Å². The summed E-state index contributed by atoms with van der Waals surface area (Å²) in [6, 6.07) is 2.24. The number of nitrogens with one attached hydrogen (secondary N) is 4. The van der Waals surface area contributed by atoms with E-state index in [9.17, 15) is 9.59 Å². The van der Waals surface area contributed by atoms with Crippen molar-refractivity contribution in [2.24, 2.45) is 23.7 Å². The molecule has 5 heterocycles. The molecule has 0 aliphatic carbocycles. The third kappa shape index (κ3) is 6.51. The summed E-state index contributed by atoms with van der Waals surface area (Å²) in [5, 5.41) is 16.2. The maximum atomic E-state index is 12.3. The van der Waals surface area contributed by atoms with E-state index in [2.05, 4.69) is 74.3 Å². The summed E-state index contributed by atoms with van der Waals surface area (Å²) in [4.78, 5) is 24.5. The third-order valence-corrected chi connectivity index (χ3v) is 12.2. The highest BCUT2D eigenvalue weighted by atomic mass is 16.5. The Bertz CT molecular complexity index is 1180. The maximum absolute atomic E-state index is 12.3. The Kier molecular flexibility index (Phi) is 10.6. The largest absolute Gasteiger partial charge is 0.469 e. The van der Waals surface area contributed by atoms with Crippen molar-refractivity contribution in [3.63, 3.8) is 0 Å². The molecular weight excluding hydrogens is 552 g/mol. The second-order valence-corrected chi connectivity index (χ2v) is 14.2.